The Morgan fingerprint density at radius 3 is 2.22 bits per heavy atom. The van der Waals surface area contributed by atoms with Crippen molar-refractivity contribution in [2.45, 2.75) is 111 Å². The Morgan fingerprint density at radius 2 is 1.72 bits per heavy atom. The maximum Gasteiger partial charge on any atom is 0.408 e. The van der Waals surface area contributed by atoms with E-state index in [9.17, 15) is 14.4 Å². The first kappa shape index (κ1) is 31.2. The van der Waals surface area contributed by atoms with Gasteiger partial charge in [0.1, 0.15) is 17.7 Å². The lowest BCUT2D eigenvalue weighted by molar-refractivity contribution is -0.145. The van der Waals surface area contributed by atoms with E-state index < -0.39 is 23.8 Å². The van der Waals surface area contributed by atoms with E-state index in [4.69, 9.17) is 4.74 Å². The number of nitrogens with zero attached hydrogens (tertiary/aromatic N) is 1. The van der Waals surface area contributed by atoms with E-state index in [1.165, 1.54) is 0 Å². The highest BCUT2D eigenvalue weighted by Gasteiger charge is 2.38. The Bertz CT molecular complexity index is 889. The molecule has 3 unspecified atom stereocenters. The molecule has 0 fully saturated rings. The highest BCUT2D eigenvalue weighted by Crippen LogP contribution is 2.27. The topological polar surface area (TPSA) is 87.7 Å². The van der Waals surface area contributed by atoms with Crippen molar-refractivity contribution in [2.24, 2.45) is 5.92 Å². The predicted molar refractivity (Wildman–Crippen MR) is 146 cm³/mol. The minimum Gasteiger partial charge on any atom is -0.444 e. The molecule has 202 valence electrons. The van der Waals surface area contributed by atoms with Crippen LogP contribution in [0.4, 0.5) is 4.79 Å². The van der Waals surface area contributed by atoms with Gasteiger partial charge in [0.25, 0.3) is 0 Å². The largest absolute Gasteiger partial charge is 0.444 e. The first-order valence-corrected chi connectivity index (χ1v) is 13.0. The molecule has 3 amide bonds. The monoisotopic (exact) mass is 501 g/mol. The summed E-state index contributed by atoms with van der Waals surface area (Å²) < 4.78 is 5.43. The molecule has 0 aromatic heterocycles. The van der Waals surface area contributed by atoms with E-state index in [1.54, 1.807) is 31.7 Å². The van der Waals surface area contributed by atoms with Gasteiger partial charge in [0.2, 0.25) is 11.8 Å². The molecule has 0 aliphatic carbocycles. The van der Waals surface area contributed by atoms with Gasteiger partial charge in [-0.25, -0.2) is 4.79 Å². The molecule has 0 heterocycles. The Morgan fingerprint density at radius 1 is 1.08 bits per heavy atom. The quantitative estimate of drug-likeness (QED) is 0.376. The summed E-state index contributed by atoms with van der Waals surface area (Å²) in [5.74, 6) is -0.444. The van der Waals surface area contributed by atoms with Gasteiger partial charge in [0.15, 0.2) is 0 Å². The standard InChI is InChI=1S/C29H47N3O4/c1-11-14-21(7)30-26(33)25(23-16-13-15-22(12-2)18-23)32(20(5)6)27(34)24(17-19(3)4)31-28(35)36-29(8,9)10/h12-13,15-16,18-21,24-25H,2,11,14,17H2,1,3-10H3,(H,30,33)(H,31,35). The molecular weight excluding hydrogens is 454 g/mol. The second-order valence-electron chi connectivity index (χ2n) is 11.1. The average molecular weight is 502 g/mol. The molecular formula is C29H47N3O4. The molecule has 0 saturated carbocycles. The maximum absolute atomic E-state index is 14.1. The van der Waals surface area contributed by atoms with E-state index in [0.717, 1.165) is 18.4 Å². The van der Waals surface area contributed by atoms with Crippen LogP contribution in [0.1, 0.15) is 98.7 Å². The van der Waals surface area contributed by atoms with Crippen molar-refractivity contribution in [1.29, 1.82) is 0 Å². The summed E-state index contributed by atoms with van der Waals surface area (Å²) in [4.78, 5) is 42.0. The summed E-state index contributed by atoms with van der Waals surface area (Å²) in [7, 11) is 0. The lowest BCUT2D eigenvalue weighted by Crippen LogP contribution is -2.55. The molecule has 0 spiro atoms. The van der Waals surface area contributed by atoms with Crippen LogP contribution in [0.3, 0.4) is 0 Å². The number of nitrogens with one attached hydrogen (secondary N) is 2. The third kappa shape index (κ3) is 10.0. The van der Waals surface area contributed by atoms with Gasteiger partial charge in [0, 0.05) is 12.1 Å². The summed E-state index contributed by atoms with van der Waals surface area (Å²) in [6, 6.07) is 5.43. The van der Waals surface area contributed by atoms with Gasteiger partial charge in [0.05, 0.1) is 0 Å². The lowest BCUT2D eigenvalue weighted by Gasteiger charge is -2.38. The third-order valence-electron chi connectivity index (χ3n) is 5.61. The average Bonchev–Trinajstić information content (AvgIpc) is 2.74. The van der Waals surface area contributed by atoms with Crippen molar-refractivity contribution in [3.63, 3.8) is 0 Å². The van der Waals surface area contributed by atoms with E-state index in [0.29, 0.717) is 12.0 Å². The Balaban J connectivity index is 3.51. The van der Waals surface area contributed by atoms with E-state index in [2.05, 4.69) is 24.1 Å². The van der Waals surface area contributed by atoms with Gasteiger partial charge in [-0.15, -0.1) is 0 Å². The second-order valence-corrected chi connectivity index (χ2v) is 11.1. The van der Waals surface area contributed by atoms with Crippen LogP contribution in [0, 0.1) is 5.92 Å². The van der Waals surface area contributed by atoms with Crippen LogP contribution in [0.5, 0.6) is 0 Å². The molecule has 0 aliphatic heterocycles. The summed E-state index contributed by atoms with van der Waals surface area (Å²) in [6.07, 6.45) is 3.23. The zero-order valence-electron chi connectivity index (χ0n) is 23.7. The lowest BCUT2D eigenvalue weighted by atomic mass is 9.96. The number of ether oxygens (including phenoxy) is 1. The van der Waals surface area contributed by atoms with Crippen molar-refractivity contribution in [3.8, 4) is 0 Å². The van der Waals surface area contributed by atoms with Crippen LogP contribution < -0.4 is 10.6 Å². The fourth-order valence-corrected chi connectivity index (χ4v) is 4.12. The molecule has 2 N–H and O–H groups in total. The number of hydrogen-bond acceptors (Lipinski definition) is 4. The minimum absolute atomic E-state index is 0.0388. The summed E-state index contributed by atoms with van der Waals surface area (Å²) >= 11 is 0. The Hall–Kier alpha value is -2.83. The minimum atomic E-state index is -0.869. The zero-order chi connectivity index (χ0) is 27.6. The molecule has 36 heavy (non-hydrogen) atoms. The van der Waals surface area contributed by atoms with Crippen LogP contribution in [-0.2, 0) is 14.3 Å². The molecule has 7 heteroatoms. The smallest absolute Gasteiger partial charge is 0.408 e. The predicted octanol–water partition coefficient (Wildman–Crippen LogP) is 5.85. The highest BCUT2D eigenvalue weighted by molar-refractivity contribution is 5.92. The van der Waals surface area contributed by atoms with Crippen LogP contribution in [-0.4, -0.2) is 46.5 Å². The number of amides is 3. The van der Waals surface area contributed by atoms with Gasteiger partial charge in [-0.05, 0) is 77.5 Å². The summed E-state index contributed by atoms with van der Waals surface area (Å²) in [6.45, 7) is 20.9. The van der Waals surface area contributed by atoms with Crippen LogP contribution in [0.15, 0.2) is 30.8 Å². The number of carbonyl (C=O) groups excluding carboxylic acids is 3. The van der Waals surface area contributed by atoms with E-state index in [-0.39, 0.29) is 29.8 Å². The molecule has 1 aromatic rings. The van der Waals surface area contributed by atoms with E-state index in [1.807, 2.05) is 58.9 Å². The van der Waals surface area contributed by atoms with Crippen molar-refractivity contribution >= 4 is 24.0 Å². The van der Waals surface area contributed by atoms with Crippen LogP contribution >= 0.6 is 0 Å². The zero-order valence-corrected chi connectivity index (χ0v) is 23.7. The summed E-state index contributed by atoms with van der Waals surface area (Å²) in [5, 5.41) is 5.86. The molecule has 1 aromatic carbocycles. The SMILES string of the molecule is C=Cc1cccc(C(C(=O)NC(C)CCC)N(C(=O)C(CC(C)C)NC(=O)OC(C)(C)C)C(C)C)c1. The van der Waals surface area contributed by atoms with Gasteiger partial charge in [-0.2, -0.15) is 0 Å². The van der Waals surface area contributed by atoms with E-state index >= 15 is 0 Å². The fourth-order valence-electron chi connectivity index (χ4n) is 4.12. The molecule has 0 radical (unpaired) electrons. The van der Waals surface area contributed by atoms with Crippen molar-refractivity contribution in [1.82, 2.24) is 15.5 Å². The number of hydrogen-bond donors (Lipinski definition) is 2. The van der Waals surface area contributed by atoms with Crippen LogP contribution in [0.2, 0.25) is 0 Å². The van der Waals surface area contributed by atoms with Gasteiger partial charge in [-0.3, -0.25) is 9.59 Å². The van der Waals surface area contributed by atoms with Crippen molar-refractivity contribution in [3.05, 3.63) is 42.0 Å². The Labute approximate surface area is 218 Å². The molecule has 3 atom stereocenters. The fraction of sp³-hybridized carbons (Fsp3) is 0.621. The Kier molecular flexibility index (Phi) is 12.2. The van der Waals surface area contributed by atoms with Crippen LogP contribution in [0.25, 0.3) is 6.08 Å². The number of alkyl carbamates (subject to hydrolysis) is 1. The van der Waals surface area contributed by atoms with Crippen molar-refractivity contribution in [2.75, 3.05) is 0 Å². The molecule has 0 saturated heterocycles. The van der Waals surface area contributed by atoms with Gasteiger partial charge >= 0.3 is 6.09 Å². The van der Waals surface area contributed by atoms with Crippen molar-refractivity contribution < 1.29 is 19.1 Å². The first-order valence-electron chi connectivity index (χ1n) is 13.0. The molecule has 1 rings (SSSR count). The maximum atomic E-state index is 14.1. The highest BCUT2D eigenvalue weighted by atomic mass is 16.6. The first-order chi connectivity index (χ1) is 16.7. The normalized spacial score (nSPS) is 14.1. The molecule has 0 bridgehead atoms. The number of carbonyl (C=O) groups is 3. The number of rotatable bonds is 12. The summed E-state index contributed by atoms with van der Waals surface area (Å²) in [5.41, 5.74) is 0.848. The molecule has 7 nitrogen and oxygen atoms in total. The third-order valence-corrected chi connectivity index (χ3v) is 5.61. The molecule has 0 aliphatic rings. The van der Waals surface area contributed by atoms with Gasteiger partial charge < -0.3 is 20.3 Å². The second kappa shape index (κ2) is 14.0. The number of benzene rings is 1. The van der Waals surface area contributed by atoms with Gasteiger partial charge in [-0.1, -0.05) is 58.0 Å².